The first-order valence-corrected chi connectivity index (χ1v) is 11.4. The number of thiophene rings is 1. The molecule has 11 heteroatoms. The topological polar surface area (TPSA) is 33.1 Å². The Bertz CT molecular complexity index is 1290. The first-order valence-electron chi connectivity index (χ1n) is 9.81. The molecule has 0 aliphatic carbocycles. The Kier molecular flexibility index (Phi) is 6.89. The van der Waals surface area contributed by atoms with Crippen molar-refractivity contribution in [1.82, 2.24) is 4.98 Å². The molecule has 0 saturated carbocycles. The number of pyridine rings is 1. The van der Waals surface area contributed by atoms with Crippen molar-refractivity contribution in [1.29, 1.82) is 0 Å². The first kappa shape index (κ1) is 25.5. The second-order valence-corrected chi connectivity index (χ2v) is 9.16. The van der Waals surface area contributed by atoms with E-state index in [2.05, 4.69) is 4.98 Å². The van der Waals surface area contributed by atoms with Crippen LogP contribution in [0.2, 0.25) is 10.0 Å². The highest BCUT2D eigenvalue weighted by Crippen LogP contribution is 2.48. The van der Waals surface area contributed by atoms with Gasteiger partial charge in [-0.3, -0.25) is 4.98 Å². The molecule has 0 bridgehead atoms. The van der Waals surface area contributed by atoms with Gasteiger partial charge in [-0.15, -0.1) is 11.3 Å². The molecule has 2 heterocycles. The number of alkyl halides is 6. The molecular weight excluding hydrogens is 535 g/mol. The number of hydrogen-bond donors (Lipinski definition) is 1. The molecule has 0 radical (unpaired) electrons. The summed E-state index contributed by atoms with van der Waals surface area (Å²) in [5, 5.41) is 12.6. The van der Waals surface area contributed by atoms with E-state index < -0.39 is 29.6 Å². The van der Waals surface area contributed by atoms with E-state index in [9.17, 15) is 31.4 Å². The molecule has 1 atom stereocenters. The van der Waals surface area contributed by atoms with Crippen LogP contribution in [0.15, 0.2) is 66.3 Å². The smallest absolute Gasteiger partial charge is 0.384 e. The maximum absolute atomic E-state index is 13.4. The lowest BCUT2D eigenvalue weighted by molar-refractivity contribution is -0.138. The highest BCUT2D eigenvalue weighted by molar-refractivity contribution is 7.14. The predicted octanol–water partition coefficient (Wildman–Crippen LogP) is 8.90. The maximum atomic E-state index is 13.4. The average molecular weight is 548 g/mol. The summed E-state index contributed by atoms with van der Waals surface area (Å²) in [6.07, 6.45) is -7.97. The van der Waals surface area contributed by atoms with Gasteiger partial charge in [0.25, 0.3) is 0 Å². The van der Waals surface area contributed by atoms with Gasteiger partial charge in [0.05, 0.1) is 11.1 Å². The molecule has 2 aromatic heterocycles. The zero-order chi connectivity index (χ0) is 25.5. The van der Waals surface area contributed by atoms with Gasteiger partial charge in [0.2, 0.25) is 0 Å². The monoisotopic (exact) mass is 547 g/mol. The largest absolute Gasteiger partial charge is 0.416 e. The molecule has 0 aliphatic rings. The van der Waals surface area contributed by atoms with Crippen LogP contribution in [0.25, 0.3) is 21.6 Å². The van der Waals surface area contributed by atoms with Crippen LogP contribution in [0.1, 0.15) is 28.4 Å². The van der Waals surface area contributed by atoms with E-state index in [0.717, 1.165) is 47.7 Å². The van der Waals surface area contributed by atoms with Gasteiger partial charge in [-0.25, -0.2) is 0 Å². The van der Waals surface area contributed by atoms with Crippen LogP contribution in [0, 0.1) is 0 Å². The standard InChI is InChI=1S/C24H13Cl2F6NOS/c25-18-5-3-13(23(27,28)29)8-15(18)17-11-35-22(20(17)21(34)12-2-1-7-33-10-12)16-9-14(24(30,31)32)4-6-19(16)26/h1-11,21,34H. The van der Waals surface area contributed by atoms with Gasteiger partial charge in [-0.05, 0) is 47.8 Å². The van der Waals surface area contributed by atoms with Crippen LogP contribution < -0.4 is 0 Å². The van der Waals surface area contributed by atoms with E-state index in [4.69, 9.17) is 23.2 Å². The summed E-state index contributed by atoms with van der Waals surface area (Å²) in [6.45, 7) is 0. The van der Waals surface area contributed by atoms with Gasteiger partial charge in [-0.2, -0.15) is 26.3 Å². The lowest BCUT2D eigenvalue weighted by atomic mass is 9.92. The highest BCUT2D eigenvalue weighted by Gasteiger charge is 2.34. The number of halogens is 8. The third-order valence-corrected chi connectivity index (χ3v) is 6.91. The molecule has 0 amide bonds. The number of rotatable bonds is 4. The Morgan fingerprint density at radius 2 is 1.37 bits per heavy atom. The van der Waals surface area contributed by atoms with Crippen LogP contribution in [-0.4, -0.2) is 10.1 Å². The van der Waals surface area contributed by atoms with Gasteiger partial charge in [0.15, 0.2) is 0 Å². The number of aromatic nitrogens is 1. The predicted molar refractivity (Wildman–Crippen MR) is 124 cm³/mol. The number of aliphatic hydroxyl groups excluding tert-OH is 1. The number of nitrogens with zero attached hydrogens (tertiary/aromatic N) is 1. The molecule has 1 N–H and O–H groups in total. The van der Waals surface area contributed by atoms with Crippen molar-refractivity contribution in [3.8, 4) is 21.6 Å². The van der Waals surface area contributed by atoms with Crippen molar-refractivity contribution in [3.63, 3.8) is 0 Å². The third-order valence-electron chi connectivity index (χ3n) is 5.23. The molecular formula is C24H13Cl2F6NOS. The van der Waals surface area contributed by atoms with E-state index in [1.807, 2.05) is 0 Å². The van der Waals surface area contributed by atoms with E-state index >= 15 is 0 Å². The molecule has 35 heavy (non-hydrogen) atoms. The fourth-order valence-electron chi connectivity index (χ4n) is 3.54. The van der Waals surface area contributed by atoms with Crippen molar-refractivity contribution in [2.45, 2.75) is 18.5 Å². The molecule has 182 valence electrons. The number of benzene rings is 2. The molecule has 1 unspecified atom stereocenters. The molecule has 0 saturated heterocycles. The SMILES string of the molecule is OC(c1cccnc1)c1c(-c2cc(C(F)(F)F)ccc2Cl)csc1-c1cc(C(F)(F)F)ccc1Cl. The van der Waals surface area contributed by atoms with Crippen molar-refractivity contribution in [3.05, 3.63) is 98.6 Å². The Hall–Kier alpha value is -2.59. The Morgan fingerprint density at radius 3 is 1.91 bits per heavy atom. The summed E-state index contributed by atoms with van der Waals surface area (Å²) in [5.41, 5.74) is -1.53. The summed E-state index contributed by atoms with van der Waals surface area (Å²) >= 11 is 13.4. The second-order valence-electron chi connectivity index (χ2n) is 7.47. The second kappa shape index (κ2) is 9.46. The summed E-state index contributed by atoms with van der Waals surface area (Å²) in [7, 11) is 0. The van der Waals surface area contributed by atoms with E-state index in [1.165, 1.54) is 23.8 Å². The van der Waals surface area contributed by atoms with Crippen LogP contribution in [0.4, 0.5) is 26.3 Å². The van der Waals surface area contributed by atoms with Gasteiger partial charge >= 0.3 is 12.4 Å². The average Bonchev–Trinajstić information content (AvgIpc) is 3.22. The van der Waals surface area contributed by atoms with Gasteiger partial charge in [0.1, 0.15) is 6.10 Å². The van der Waals surface area contributed by atoms with Crippen molar-refractivity contribution in [2.24, 2.45) is 0 Å². The molecule has 4 aromatic rings. The number of aliphatic hydroxyl groups is 1. The van der Waals surface area contributed by atoms with Crippen molar-refractivity contribution in [2.75, 3.05) is 0 Å². The fraction of sp³-hybridized carbons (Fsp3) is 0.125. The van der Waals surface area contributed by atoms with Crippen LogP contribution in [0.5, 0.6) is 0 Å². The normalized spacial score (nSPS) is 13.2. The zero-order valence-electron chi connectivity index (χ0n) is 17.3. The van der Waals surface area contributed by atoms with E-state index in [-0.39, 0.29) is 42.7 Å². The molecule has 0 spiro atoms. The minimum Gasteiger partial charge on any atom is -0.384 e. The Morgan fingerprint density at radius 1 is 0.800 bits per heavy atom. The summed E-state index contributed by atoms with van der Waals surface area (Å²) in [5.74, 6) is 0. The summed E-state index contributed by atoms with van der Waals surface area (Å²) in [6, 6.07) is 8.54. The Labute approximate surface area is 209 Å². The maximum Gasteiger partial charge on any atom is 0.416 e. The summed E-state index contributed by atoms with van der Waals surface area (Å²) < 4.78 is 80.4. The lowest BCUT2D eigenvalue weighted by Gasteiger charge is -2.18. The van der Waals surface area contributed by atoms with E-state index in [0.29, 0.717) is 0 Å². The minimum atomic E-state index is -4.66. The zero-order valence-corrected chi connectivity index (χ0v) is 19.6. The van der Waals surface area contributed by atoms with Gasteiger partial charge in [0, 0.05) is 55.1 Å². The molecule has 0 fully saturated rings. The minimum absolute atomic E-state index is 0.0267. The number of hydrogen-bond acceptors (Lipinski definition) is 3. The molecule has 2 aromatic carbocycles. The quantitative estimate of drug-likeness (QED) is 0.259. The van der Waals surface area contributed by atoms with E-state index in [1.54, 1.807) is 6.07 Å². The van der Waals surface area contributed by atoms with Crippen molar-refractivity contribution < 1.29 is 31.4 Å². The lowest BCUT2D eigenvalue weighted by Crippen LogP contribution is -2.07. The summed E-state index contributed by atoms with van der Waals surface area (Å²) in [4.78, 5) is 4.10. The molecule has 4 rings (SSSR count). The van der Waals surface area contributed by atoms with Gasteiger partial charge < -0.3 is 5.11 Å². The van der Waals surface area contributed by atoms with Crippen molar-refractivity contribution >= 4 is 34.5 Å². The molecule has 0 aliphatic heterocycles. The third kappa shape index (κ3) is 5.18. The Balaban J connectivity index is 2.00. The molecule has 2 nitrogen and oxygen atoms in total. The van der Waals surface area contributed by atoms with Crippen LogP contribution in [-0.2, 0) is 12.4 Å². The van der Waals surface area contributed by atoms with Gasteiger partial charge in [-0.1, -0.05) is 29.3 Å². The first-order chi connectivity index (χ1) is 16.4. The fourth-order valence-corrected chi connectivity index (χ4v) is 5.17. The van der Waals surface area contributed by atoms with Crippen LogP contribution in [0.3, 0.4) is 0 Å². The highest BCUT2D eigenvalue weighted by atomic mass is 35.5. The van der Waals surface area contributed by atoms with Crippen LogP contribution >= 0.6 is 34.5 Å².